The van der Waals surface area contributed by atoms with Crippen LogP contribution in [0.15, 0.2) is 61.2 Å². The third-order valence-electron chi connectivity index (χ3n) is 2.68. The first-order valence-electron chi connectivity index (χ1n) is 5.89. The minimum atomic E-state index is 0.105. The molecule has 2 rings (SSSR count). The molecule has 0 N–H and O–H groups in total. The first kappa shape index (κ1) is 11.6. The molecular formula is C15H19N2+. The lowest BCUT2D eigenvalue weighted by Crippen LogP contribution is -2.49. The normalized spacial score (nSPS) is 15.1. The van der Waals surface area contributed by atoms with E-state index in [2.05, 4.69) is 67.2 Å². The molecule has 2 nitrogen and oxygen atoms in total. The summed E-state index contributed by atoms with van der Waals surface area (Å²) in [4.78, 5) is 2.11. The molecule has 0 aliphatic carbocycles. The van der Waals surface area contributed by atoms with E-state index in [9.17, 15) is 0 Å². The average molecular weight is 227 g/mol. The minimum Gasteiger partial charge on any atom is -0.319 e. The van der Waals surface area contributed by atoms with Crippen LogP contribution in [0.1, 0.15) is 20.8 Å². The molecule has 0 unspecified atom stereocenters. The zero-order chi connectivity index (χ0) is 12.3. The van der Waals surface area contributed by atoms with Crippen molar-refractivity contribution in [2.45, 2.75) is 26.3 Å². The van der Waals surface area contributed by atoms with Crippen molar-refractivity contribution in [3.8, 4) is 0 Å². The van der Waals surface area contributed by atoms with Crippen LogP contribution < -0.4 is 9.47 Å². The molecule has 1 aromatic heterocycles. The van der Waals surface area contributed by atoms with Gasteiger partial charge in [0.2, 0.25) is 0 Å². The summed E-state index contributed by atoms with van der Waals surface area (Å²) in [6, 6.07) is 4.20. The zero-order valence-corrected chi connectivity index (χ0v) is 10.7. The van der Waals surface area contributed by atoms with E-state index < -0.39 is 0 Å². The van der Waals surface area contributed by atoms with E-state index in [1.54, 1.807) is 0 Å². The van der Waals surface area contributed by atoms with Gasteiger partial charge in [0.15, 0.2) is 17.9 Å². The second-order valence-corrected chi connectivity index (χ2v) is 5.12. The summed E-state index contributed by atoms with van der Waals surface area (Å²) in [6.07, 6.45) is 16.5. The van der Waals surface area contributed by atoms with Crippen LogP contribution in [0.4, 0.5) is 5.69 Å². The molecule has 0 saturated heterocycles. The van der Waals surface area contributed by atoms with Crippen molar-refractivity contribution in [3.63, 3.8) is 0 Å². The Morgan fingerprint density at radius 1 is 1.00 bits per heavy atom. The zero-order valence-electron chi connectivity index (χ0n) is 10.7. The van der Waals surface area contributed by atoms with E-state index in [4.69, 9.17) is 0 Å². The SMILES string of the molecule is CC(C)(C)[n+]1cccc(N2C=CC=CC=C2)c1. The summed E-state index contributed by atoms with van der Waals surface area (Å²) >= 11 is 0. The Hall–Kier alpha value is -1.83. The molecule has 2 heterocycles. The number of pyridine rings is 1. The molecule has 1 aromatic rings. The van der Waals surface area contributed by atoms with Gasteiger partial charge in [-0.2, -0.15) is 4.57 Å². The molecule has 0 atom stereocenters. The van der Waals surface area contributed by atoms with Crippen LogP contribution in [0.25, 0.3) is 0 Å². The van der Waals surface area contributed by atoms with Gasteiger partial charge in [0.1, 0.15) is 5.69 Å². The van der Waals surface area contributed by atoms with Gasteiger partial charge in [0.05, 0.1) is 0 Å². The summed E-state index contributed by atoms with van der Waals surface area (Å²) in [6.45, 7) is 6.60. The number of rotatable bonds is 1. The molecule has 1 aliphatic rings. The van der Waals surface area contributed by atoms with Crippen LogP contribution in [0.2, 0.25) is 0 Å². The predicted molar refractivity (Wildman–Crippen MR) is 71.5 cm³/mol. The fourth-order valence-electron chi connectivity index (χ4n) is 1.67. The number of allylic oxidation sites excluding steroid dienone is 4. The topological polar surface area (TPSA) is 7.12 Å². The summed E-state index contributed by atoms with van der Waals surface area (Å²) in [7, 11) is 0. The summed E-state index contributed by atoms with van der Waals surface area (Å²) in [5, 5.41) is 0. The highest BCUT2D eigenvalue weighted by Crippen LogP contribution is 2.15. The van der Waals surface area contributed by atoms with Crippen molar-refractivity contribution in [1.82, 2.24) is 0 Å². The van der Waals surface area contributed by atoms with Crippen LogP contribution >= 0.6 is 0 Å². The van der Waals surface area contributed by atoms with Crippen molar-refractivity contribution < 1.29 is 4.57 Å². The van der Waals surface area contributed by atoms with Crippen LogP contribution in [0.5, 0.6) is 0 Å². The van der Waals surface area contributed by atoms with Crippen molar-refractivity contribution in [3.05, 3.63) is 61.2 Å². The Bertz CT molecular complexity index is 460. The number of hydrogen-bond donors (Lipinski definition) is 0. The highest BCUT2D eigenvalue weighted by atomic mass is 15.1. The highest BCUT2D eigenvalue weighted by Gasteiger charge is 2.21. The standard InChI is InChI=1S/C15H19N2/c1-15(2,3)17-12-8-9-14(13-17)16-10-6-4-5-7-11-16/h4-13H,1-3H3/q+1. The molecular weight excluding hydrogens is 208 g/mol. The fraction of sp³-hybridized carbons (Fsp3) is 0.267. The molecule has 17 heavy (non-hydrogen) atoms. The van der Waals surface area contributed by atoms with Crippen molar-refractivity contribution in [1.29, 1.82) is 0 Å². The molecule has 0 bridgehead atoms. The third-order valence-corrected chi connectivity index (χ3v) is 2.68. The largest absolute Gasteiger partial charge is 0.319 e. The Balaban J connectivity index is 2.34. The molecule has 0 amide bonds. The molecule has 88 valence electrons. The lowest BCUT2D eigenvalue weighted by Gasteiger charge is -2.17. The smallest absolute Gasteiger partial charge is 0.193 e. The summed E-state index contributed by atoms with van der Waals surface area (Å²) in [5.74, 6) is 0. The monoisotopic (exact) mass is 227 g/mol. The van der Waals surface area contributed by atoms with Crippen molar-refractivity contribution >= 4 is 5.69 Å². The molecule has 0 aromatic carbocycles. The van der Waals surface area contributed by atoms with E-state index in [0.717, 1.165) is 0 Å². The van der Waals surface area contributed by atoms with Gasteiger partial charge in [-0.15, -0.1) is 0 Å². The highest BCUT2D eigenvalue weighted by molar-refractivity contribution is 5.50. The van der Waals surface area contributed by atoms with E-state index >= 15 is 0 Å². The van der Waals surface area contributed by atoms with Gasteiger partial charge in [0.25, 0.3) is 0 Å². The van der Waals surface area contributed by atoms with Crippen LogP contribution in [-0.2, 0) is 5.54 Å². The molecule has 0 radical (unpaired) electrons. The van der Waals surface area contributed by atoms with Crippen LogP contribution in [0.3, 0.4) is 0 Å². The predicted octanol–water partition coefficient (Wildman–Crippen LogP) is 3.13. The second-order valence-electron chi connectivity index (χ2n) is 5.12. The Labute approximate surface area is 103 Å². The van der Waals surface area contributed by atoms with E-state index in [0.29, 0.717) is 0 Å². The lowest BCUT2D eigenvalue weighted by molar-refractivity contribution is -0.753. The minimum absolute atomic E-state index is 0.105. The molecule has 2 heteroatoms. The van der Waals surface area contributed by atoms with Crippen LogP contribution in [0, 0.1) is 0 Å². The average Bonchev–Trinajstić information content (AvgIpc) is 2.56. The first-order chi connectivity index (χ1) is 8.07. The molecule has 0 saturated carbocycles. The van der Waals surface area contributed by atoms with Gasteiger partial charge < -0.3 is 4.90 Å². The van der Waals surface area contributed by atoms with Gasteiger partial charge in [-0.1, -0.05) is 12.2 Å². The van der Waals surface area contributed by atoms with Gasteiger partial charge in [-0.25, -0.2) is 0 Å². The van der Waals surface area contributed by atoms with Gasteiger partial charge in [-0.3, -0.25) is 0 Å². The third kappa shape index (κ3) is 2.84. The van der Waals surface area contributed by atoms with E-state index in [-0.39, 0.29) is 5.54 Å². The number of aromatic nitrogens is 1. The summed E-state index contributed by atoms with van der Waals surface area (Å²) in [5.41, 5.74) is 1.27. The number of nitrogens with zero attached hydrogens (tertiary/aromatic N) is 2. The maximum atomic E-state index is 2.22. The lowest BCUT2D eigenvalue weighted by atomic mass is 10.1. The Kier molecular flexibility index (Phi) is 3.14. The van der Waals surface area contributed by atoms with Crippen molar-refractivity contribution in [2.75, 3.05) is 4.90 Å². The fourth-order valence-corrected chi connectivity index (χ4v) is 1.67. The number of anilines is 1. The Morgan fingerprint density at radius 2 is 1.65 bits per heavy atom. The molecule has 1 aliphatic heterocycles. The maximum Gasteiger partial charge on any atom is 0.193 e. The number of hydrogen-bond acceptors (Lipinski definition) is 1. The van der Waals surface area contributed by atoms with E-state index in [1.807, 2.05) is 24.3 Å². The van der Waals surface area contributed by atoms with Gasteiger partial charge >= 0.3 is 0 Å². The molecule has 0 fully saturated rings. The van der Waals surface area contributed by atoms with E-state index in [1.165, 1.54) is 5.69 Å². The van der Waals surface area contributed by atoms with Crippen LogP contribution in [-0.4, -0.2) is 0 Å². The van der Waals surface area contributed by atoms with Gasteiger partial charge in [-0.05, 0) is 18.2 Å². The Morgan fingerprint density at radius 3 is 2.24 bits per heavy atom. The summed E-state index contributed by atoms with van der Waals surface area (Å²) < 4.78 is 2.22. The first-order valence-corrected chi connectivity index (χ1v) is 5.89. The quantitative estimate of drug-likeness (QED) is 0.669. The van der Waals surface area contributed by atoms with Gasteiger partial charge in [0, 0.05) is 39.2 Å². The van der Waals surface area contributed by atoms with Crippen molar-refractivity contribution in [2.24, 2.45) is 0 Å². The maximum absolute atomic E-state index is 2.22. The molecule has 0 spiro atoms. The second kappa shape index (κ2) is 4.58.